The molecule has 2 aliphatic rings. The Morgan fingerprint density at radius 1 is 0.750 bits per heavy atom. The summed E-state index contributed by atoms with van der Waals surface area (Å²) in [5.74, 6) is 0.840. The predicted octanol–water partition coefficient (Wildman–Crippen LogP) is 0.492. The molecule has 0 amide bonds. The molecule has 0 saturated carbocycles. The summed E-state index contributed by atoms with van der Waals surface area (Å²) in [6, 6.07) is 0. The third kappa shape index (κ3) is 7.02. The first-order chi connectivity index (χ1) is 23.2. The quantitative estimate of drug-likeness (QED) is 0.0496. The van der Waals surface area contributed by atoms with E-state index in [0.717, 1.165) is 0 Å². The summed E-state index contributed by atoms with van der Waals surface area (Å²) in [5, 5.41) is 46.8. The van der Waals surface area contributed by atoms with Crippen molar-refractivity contribution >= 4 is 72.9 Å². The smallest absolute Gasteiger partial charge is 0.394 e. The largest absolute Gasteiger partial charge is 0.582 e. The minimum Gasteiger partial charge on any atom is -0.394 e. The van der Waals surface area contributed by atoms with Crippen LogP contribution < -0.4 is 10.6 Å². The van der Waals surface area contributed by atoms with E-state index in [-0.39, 0.29) is 0 Å². The van der Waals surface area contributed by atoms with Crippen LogP contribution in [0.5, 0.6) is 0 Å². The minimum atomic E-state index is -2.38. The average molecular weight is 745 g/mol. The number of rotatable bonds is 14. The normalized spacial score (nSPS) is 28.1. The standard InChI is InChI=1S/C24H28N10O10P2S2/c35-5-11-15(37)18(44-46(40)48)24(41-11)34-10-32-14-20(28-8-30-22(14)34)26-4-2-1-3-25-19-13-21(29-7-27-19)33(9-31-13)23-16(38)17(43-45(39)47)12(6-36)42-23/h1-2,7-12,15-18,23-24,35-38H,3-6H2,(H2-2,25,26,27,28,29,30,39,40,47,48)/p+2/b2-1+/t11-,12-,15-,16-,17-,18?,23?,24-/m1/s1. The van der Waals surface area contributed by atoms with Crippen molar-refractivity contribution in [3.63, 3.8) is 0 Å². The molecular formula is C24H30N10O10P2S2+2. The molecule has 10 atom stereocenters. The maximum Gasteiger partial charge on any atom is 0.582 e. The van der Waals surface area contributed by atoms with Crippen molar-refractivity contribution in [2.24, 2.45) is 0 Å². The summed E-state index contributed by atoms with van der Waals surface area (Å²) in [6.45, 7) is -0.239. The van der Waals surface area contributed by atoms with Gasteiger partial charge in [0.05, 0.1) is 25.9 Å². The number of nitrogens with zero attached hydrogens (tertiary/aromatic N) is 8. The van der Waals surface area contributed by atoms with Crippen LogP contribution in [-0.4, -0.2) is 122 Å². The first kappa shape index (κ1) is 34.9. The minimum absolute atomic E-state index is 0.351. The Kier molecular flexibility index (Phi) is 11.1. The molecule has 0 spiro atoms. The van der Waals surface area contributed by atoms with Gasteiger partial charge in [0.25, 0.3) is 0 Å². The number of nitrogens with one attached hydrogen (secondary N) is 2. The lowest BCUT2D eigenvalue weighted by atomic mass is 10.1. The Labute approximate surface area is 283 Å². The monoisotopic (exact) mass is 744 g/mol. The van der Waals surface area contributed by atoms with E-state index in [1.165, 1.54) is 34.4 Å². The van der Waals surface area contributed by atoms with Crippen molar-refractivity contribution in [3.8, 4) is 0 Å². The van der Waals surface area contributed by atoms with E-state index in [0.29, 0.717) is 47.1 Å². The van der Waals surface area contributed by atoms with Gasteiger partial charge in [0.15, 0.2) is 58.6 Å². The van der Waals surface area contributed by atoms with E-state index >= 15 is 0 Å². The number of imidazole rings is 2. The molecule has 256 valence electrons. The Hall–Kier alpha value is -2.98. The number of aliphatic hydroxyl groups is 4. The van der Waals surface area contributed by atoms with E-state index in [1.807, 2.05) is 12.2 Å². The number of ether oxygens (including phenoxy) is 2. The number of aromatic nitrogens is 8. The number of anilines is 2. The van der Waals surface area contributed by atoms with Gasteiger partial charge >= 0.3 is 14.5 Å². The molecule has 0 radical (unpaired) electrons. The molecule has 4 unspecified atom stereocenters. The first-order valence-electron chi connectivity index (χ1n) is 14.2. The predicted molar refractivity (Wildman–Crippen MR) is 174 cm³/mol. The van der Waals surface area contributed by atoms with Crippen LogP contribution in [0.15, 0.2) is 37.5 Å². The Balaban J connectivity index is 1.08. The van der Waals surface area contributed by atoms with Gasteiger partial charge in [-0.1, -0.05) is 12.2 Å². The zero-order chi connectivity index (χ0) is 33.9. The number of hydrogen-bond acceptors (Lipinski definition) is 18. The summed E-state index contributed by atoms with van der Waals surface area (Å²) in [7, 11) is -4.73. The topological polar surface area (TPSA) is 263 Å². The lowest BCUT2D eigenvalue weighted by Crippen LogP contribution is -2.34. The molecular weight excluding hydrogens is 714 g/mol. The molecule has 24 heteroatoms. The summed E-state index contributed by atoms with van der Waals surface area (Å²) in [5.41, 5.74) is 1.51. The summed E-state index contributed by atoms with van der Waals surface area (Å²) in [6.07, 6.45) is 0.571. The second-order valence-corrected chi connectivity index (χ2v) is 13.8. The van der Waals surface area contributed by atoms with Gasteiger partial charge in [0, 0.05) is 13.1 Å². The van der Waals surface area contributed by atoms with E-state index in [1.54, 1.807) is 0 Å². The van der Waals surface area contributed by atoms with Gasteiger partial charge in [-0.15, -0.1) is 9.05 Å². The lowest BCUT2D eigenvalue weighted by molar-refractivity contribution is -0.0502. The van der Waals surface area contributed by atoms with E-state index in [9.17, 15) is 29.6 Å². The van der Waals surface area contributed by atoms with Gasteiger partial charge in [-0.3, -0.25) is 9.13 Å². The molecule has 6 rings (SSSR count). The average Bonchev–Trinajstić information content (AvgIpc) is 3.83. The molecule has 6 N–H and O–H groups in total. The number of aliphatic hydroxyl groups excluding tert-OH is 4. The highest BCUT2D eigenvalue weighted by Gasteiger charge is 2.51. The lowest BCUT2D eigenvalue weighted by Gasteiger charge is -2.16. The van der Waals surface area contributed by atoms with E-state index < -0.39 is 76.8 Å². The number of hydrogen-bond donors (Lipinski definition) is 8. The Morgan fingerprint density at radius 2 is 1.25 bits per heavy atom. The summed E-state index contributed by atoms with van der Waals surface area (Å²) >= 11 is 7.51. The summed E-state index contributed by atoms with van der Waals surface area (Å²) < 4.78 is 48.1. The van der Waals surface area contributed by atoms with Gasteiger partial charge in [-0.05, 0) is 9.13 Å². The van der Waals surface area contributed by atoms with Crippen molar-refractivity contribution < 1.29 is 48.1 Å². The van der Waals surface area contributed by atoms with Crippen LogP contribution in [0.1, 0.15) is 12.5 Å². The number of thiol groups is 2. The summed E-state index contributed by atoms with van der Waals surface area (Å²) in [4.78, 5) is 25.8. The SMILES string of the molecule is O=[P+](S)OC1[C@H](n2cnc3c(NC/C=C/CNc4ncnc5c4ncn5C4O[C@H](CO)[C@@H](O[P+](=O)S)[C@H]4O)ncnc32)O[C@H](CO)[C@H]1O. The van der Waals surface area contributed by atoms with E-state index in [4.69, 9.17) is 18.5 Å². The van der Waals surface area contributed by atoms with Crippen molar-refractivity contribution in [2.45, 2.75) is 49.1 Å². The molecule has 2 aliphatic heterocycles. The van der Waals surface area contributed by atoms with Crippen LogP contribution in [0.4, 0.5) is 11.6 Å². The fourth-order valence-electron chi connectivity index (χ4n) is 5.45. The van der Waals surface area contributed by atoms with Gasteiger partial charge < -0.3 is 40.5 Å². The maximum atomic E-state index is 11.7. The van der Waals surface area contributed by atoms with Crippen LogP contribution in [0.25, 0.3) is 22.3 Å². The molecule has 48 heavy (non-hydrogen) atoms. The van der Waals surface area contributed by atoms with Crippen molar-refractivity contribution in [1.82, 2.24) is 39.0 Å². The fraction of sp³-hybridized carbons (Fsp3) is 0.500. The van der Waals surface area contributed by atoms with Crippen LogP contribution >= 0.6 is 39.0 Å². The molecule has 20 nitrogen and oxygen atoms in total. The molecule has 4 aromatic rings. The molecule has 0 bridgehead atoms. The third-order valence-electron chi connectivity index (χ3n) is 7.61. The second kappa shape index (κ2) is 15.3. The third-order valence-corrected chi connectivity index (χ3v) is 9.03. The molecule has 2 saturated heterocycles. The zero-order valence-electron chi connectivity index (χ0n) is 24.5. The van der Waals surface area contributed by atoms with Gasteiger partial charge in [0.2, 0.25) is 0 Å². The Bertz CT molecular complexity index is 1820. The molecule has 0 aromatic carbocycles. The van der Waals surface area contributed by atoms with E-state index in [2.05, 4.69) is 65.0 Å². The maximum absolute atomic E-state index is 11.7. The fourth-order valence-corrected chi connectivity index (χ4v) is 7.01. The zero-order valence-corrected chi connectivity index (χ0v) is 28.1. The highest BCUT2D eigenvalue weighted by Crippen LogP contribution is 2.42. The molecule has 4 aromatic heterocycles. The second-order valence-electron chi connectivity index (χ2n) is 10.4. The molecule has 2 fully saturated rings. The van der Waals surface area contributed by atoms with Crippen molar-refractivity contribution in [3.05, 3.63) is 37.5 Å². The molecule has 0 aliphatic carbocycles. The number of fused-ring (bicyclic) bond motifs is 2. The molecule has 6 heterocycles. The highest BCUT2D eigenvalue weighted by atomic mass is 32.7. The van der Waals surface area contributed by atoms with Crippen LogP contribution in [-0.2, 0) is 27.7 Å². The van der Waals surface area contributed by atoms with Crippen LogP contribution in [0.2, 0.25) is 0 Å². The van der Waals surface area contributed by atoms with Gasteiger partial charge in [-0.2, -0.15) is 0 Å². The van der Waals surface area contributed by atoms with Crippen molar-refractivity contribution in [1.29, 1.82) is 0 Å². The van der Waals surface area contributed by atoms with Gasteiger partial charge in [-0.25, -0.2) is 29.9 Å². The first-order valence-corrected chi connectivity index (χ1v) is 18.9. The van der Waals surface area contributed by atoms with Gasteiger partial charge in [0.1, 0.15) is 61.6 Å². The van der Waals surface area contributed by atoms with Crippen LogP contribution in [0.3, 0.4) is 0 Å². The van der Waals surface area contributed by atoms with Crippen LogP contribution in [0, 0.1) is 0 Å². The Morgan fingerprint density at radius 3 is 1.77 bits per heavy atom. The van der Waals surface area contributed by atoms with Crippen molar-refractivity contribution in [2.75, 3.05) is 36.9 Å². The highest BCUT2D eigenvalue weighted by molar-refractivity contribution is 8.39.